The molecule has 0 atom stereocenters. The van der Waals surface area contributed by atoms with E-state index >= 15 is 0 Å². The van der Waals surface area contributed by atoms with Gasteiger partial charge in [0.05, 0.1) is 5.69 Å². The van der Waals surface area contributed by atoms with E-state index in [2.05, 4.69) is 20.6 Å². The monoisotopic (exact) mass is 383 g/mol. The first-order valence-electron chi connectivity index (χ1n) is 9.19. The summed E-state index contributed by atoms with van der Waals surface area (Å²) < 4.78 is 18.5. The molecule has 3 heterocycles. The Labute approximate surface area is 161 Å². The topological polar surface area (TPSA) is 104 Å². The number of anilines is 1. The molecule has 146 valence electrons. The van der Waals surface area contributed by atoms with Crippen molar-refractivity contribution in [1.82, 2.24) is 20.0 Å². The molecule has 4 rings (SSSR count). The second-order valence-electron chi connectivity index (χ2n) is 6.39. The van der Waals surface area contributed by atoms with Gasteiger partial charge in [0.15, 0.2) is 11.5 Å². The highest BCUT2D eigenvalue weighted by Crippen LogP contribution is 2.32. The van der Waals surface area contributed by atoms with E-state index in [4.69, 9.17) is 13.9 Å². The van der Waals surface area contributed by atoms with Crippen LogP contribution in [-0.2, 0) is 17.8 Å². The van der Waals surface area contributed by atoms with Crippen LogP contribution in [0.15, 0.2) is 28.7 Å². The molecule has 9 nitrogen and oxygen atoms in total. The van der Waals surface area contributed by atoms with Crippen LogP contribution in [0.5, 0.6) is 11.5 Å². The maximum Gasteiger partial charge on any atom is 0.265 e. The normalized spacial score (nSPS) is 12.8. The van der Waals surface area contributed by atoms with Crippen LogP contribution in [0.2, 0.25) is 0 Å². The van der Waals surface area contributed by atoms with Gasteiger partial charge in [-0.1, -0.05) is 0 Å². The number of hydrogen-bond donors (Lipinski definition) is 1. The molecule has 9 heteroatoms. The van der Waals surface area contributed by atoms with E-state index in [9.17, 15) is 4.79 Å². The highest BCUT2D eigenvalue weighted by atomic mass is 16.6. The van der Waals surface area contributed by atoms with E-state index < -0.39 is 0 Å². The number of nitrogens with zero attached hydrogens (tertiary/aromatic N) is 4. The summed E-state index contributed by atoms with van der Waals surface area (Å²) in [5, 5.41) is 15.3. The molecule has 1 N–H and O–H groups in total. The van der Waals surface area contributed by atoms with E-state index in [1.54, 1.807) is 22.9 Å². The molecule has 0 unspecified atom stereocenters. The highest BCUT2D eigenvalue weighted by Gasteiger charge is 2.16. The number of carbonyl (C=O) groups excluding carboxylic acids is 1. The molecular formula is C19H21N5O4. The fraction of sp³-hybridized carbons (Fsp3) is 0.368. The third kappa shape index (κ3) is 3.83. The van der Waals surface area contributed by atoms with E-state index in [1.165, 1.54) is 0 Å². The fourth-order valence-corrected chi connectivity index (χ4v) is 2.98. The zero-order chi connectivity index (χ0) is 19.5. The Balaban J connectivity index is 1.36. The van der Waals surface area contributed by atoms with Gasteiger partial charge in [-0.3, -0.25) is 9.48 Å². The molecule has 3 aromatic rings. The van der Waals surface area contributed by atoms with Gasteiger partial charge in [0, 0.05) is 31.1 Å². The van der Waals surface area contributed by atoms with Crippen molar-refractivity contribution >= 4 is 11.6 Å². The first-order chi connectivity index (χ1) is 13.6. The number of fused-ring (bicyclic) bond motifs is 1. The third-order valence-corrected chi connectivity index (χ3v) is 4.28. The largest absolute Gasteiger partial charge is 0.486 e. The minimum Gasteiger partial charge on any atom is -0.486 e. The number of carbonyl (C=O) groups is 1. The Hall–Kier alpha value is -3.36. The minimum absolute atomic E-state index is 0.147. The molecule has 1 aliphatic rings. The van der Waals surface area contributed by atoms with Crippen LogP contribution in [0.25, 0.3) is 11.6 Å². The standard InChI is InChI=1S/C19H21N5O4/c1-3-24-14(10-12(2)23-24)19-22-21-18(28-19)7-6-17(25)20-13-4-5-15-16(11-13)27-9-8-26-15/h4-5,10-11H,3,6-9H2,1-2H3,(H,20,25). The van der Waals surface area contributed by atoms with E-state index in [0.29, 0.717) is 55.1 Å². The first kappa shape index (κ1) is 18.0. The number of nitrogens with one attached hydrogen (secondary N) is 1. The van der Waals surface area contributed by atoms with Gasteiger partial charge in [0.2, 0.25) is 11.8 Å². The number of rotatable bonds is 6. The van der Waals surface area contributed by atoms with Crippen molar-refractivity contribution in [3.05, 3.63) is 35.9 Å². The number of amides is 1. The van der Waals surface area contributed by atoms with Crippen LogP contribution in [0, 0.1) is 6.92 Å². The SMILES string of the molecule is CCn1nc(C)cc1-c1nnc(CCC(=O)Nc2ccc3c(c2)OCCO3)o1. The average molecular weight is 383 g/mol. The molecule has 0 bridgehead atoms. The summed E-state index contributed by atoms with van der Waals surface area (Å²) >= 11 is 0. The number of hydrogen-bond acceptors (Lipinski definition) is 7. The van der Waals surface area contributed by atoms with Gasteiger partial charge in [-0.25, -0.2) is 0 Å². The Kier molecular flexibility index (Phi) is 4.96. The van der Waals surface area contributed by atoms with Crippen molar-refractivity contribution in [1.29, 1.82) is 0 Å². The second-order valence-corrected chi connectivity index (χ2v) is 6.39. The predicted octanol–water partition coefficient (Wildman–Crippen LogP) is 2.60. The quantitative estimate of drug-likeness (QED) is 0.697. The van der Waals surface area contributed by atoms with Gasteiger partial charge >= 0.3 is 0 Å². The molecule has 0 saturated heterocycles. The van der Waals surface area contributed by atoms with E-state index in [0.717, 1.165) is 11.4 Å². The average Bonchev–Trinajstić information content (AvgIpc) is 3.32. The Morgan fingerprint density at radius 3 is 2.82 bits per heavy atom. The van der Waals surface area contributed by atoms with Crippen LogP contribution in [-0.4, -0.2) is 39.1 Å². The van der Waals surface area contributed by atoms with Crippen LogP contribution in [0.3, 0.4) is 0 Å². The molecule has 2 aromatic heterocycles. The minimum atomic E-state index is -0.147. The molecule has 0 saturated carbocycles. The summed E-state index contributed by atoms with van der Waals surface area (Å²) in [7, 11) is 0. The number of ether oxygens (including phenoxy) is 2. The summed E-state index contributed by atoms with van der Waals surface area (Å²) in [4.78, 5) is 12.2. The summed E-state index contributed by atoms with van der Waals surface area (Å²) in [5.41, 5.74) is 2.32. The van der Waals surface area contributed by atoms with Crippen LogP contribution in [0.4, 0.5) is 5.69 Å². The van der Waals surface area contributed by atoms with Crippen LogP contribution in [0.1, 0.15) is 24.9 Å². The van der Waals surface area contributed by atoms with Crippen molar-refractivity contribution < 1.29 is 18.7 Å². The van der Waals surface area contributed by atoms with Gasteiger partial charge in [0.1, 0.15) is 18.9 Å². The summed E-state index contributed by atoms with van der Waals surface area (Å²) in [6.07, 6.45) is 0.574. The molecule has 0 aliphatic carbocycles. The maximum atomic E-state index is 12.2. The smallest absolute Gasteiger partial charge is 0.265 e. The van der Waals surface area contributed by atoms with Crippen molar-refractivity contribution in [2.75, 3.05) is 18.5 Å². The van der Waals surface area contributed by atoms with E-state index in [-0.39, 0.29) is 12.3 Å². The summed E-state index contributed by atoms with van der Waals surface area (Å²) in [6.45, 7) is 5.65. The number of aryl methyl sites for hydroxylation is 3. The number of aromatic nitrogens is 4. The molecular weight excluding hydrogens is 362 g/mol. The zero-order valence-corrected chi connectivity index (χ0v) is 15.8. The molecule has 1 amide bonds. The van der Waals surface area contributed by atoms with Gasteiger partial charge < -0.3 is 19.2 Å². The van der Waals surface area contributed by atoms with Crippen LogP contribution >= 0.6 is 0 Å². The van der Waals surface area contributed by atoms with Crippen molar-refractivity contribution in [3.63, 3.8) is 0 Å². The van der Waals surface area contributed by atoms with E-state index in [1.807, 2.05) is 19.9 Å². The van der Waals surface area contributed by atoms with Gasteiger partial charge in [-0.2, -0.15) is 5.10 Å². The van der Waals surface area contributed by atoms with Crippen LogP contribution < -0.4 is 14.8 Å². The maximum absolute atomic E-state index is 12.2. The molecule has 28 heavy (non-hydrogen) atoms. The predicted molar refractivity (Wildman–Crippen MR) is 100 cm³/mol. The highest BCUT2D eigenvalue weighted by molar-refractivity contribution is 5.91. The van der Waals surface area contributed by atoms with Crippen molar-refractivity contribution in [2.45, 2.75) is 33.2 Å². The first-order valence-corrected chi connectivity index (χ1v) is 9.19. The Morgan fingerprint density at radius 1 is 1.18 bits per heavy atom. The van der Waals surface area contributed by atoms with Gasteiger partial charge in [0.25, 0.3) is 5.89 Å². The lowest BCUT2D eigenvalue weighted by molar-refractivity contribution is -0.116. The molecule has 0 fully saturated rings. The summed E-state index contributed by atoms with van der Waals surface area (Å²) in [5.74, 6) is 1.99. The van der Waals surface area contributed by atoms with Crippen molar-refractivity contribution in [2.24, 2.45) is 0 Å². The van der Waals surface area contributed by atoms with Crippen molar-refractivity contribution in [3.8, 4) is 23.1 Å². The lowest BCUT2D eigenvalue weighted by Gasteiger charge is -2.18. The molecule has 1 aromatic carbocycles. The fourth-order valence-electron chi connectivity index (χ4n) is 2.98. The lowest BCUT2D eigenvalue weighted by Crippen LogP contribution is -2.16. The lowest BCUT2D eigenvalue weighted by atomic mass is 10.2. The molecule has 1 aliphatic heterocycles. The summed E-state index contributed by atoms with van der Waals surface area (Å²) in [6, 6.07) is 7.22. The molecule has 0 spiro atoms. The number of benzene rings is 1. The molecule has 0 radical (unpaired) electrons. The Morgan fingerprint density at radius 2 is 2.00 bits per heavy atom. The van der Waals surface area contributed by atoms with Gasteiger partial charge in [-0.15, -0.1) is 10.2 Å². The van der Waals surface area contributed by atoms with Gasteiger partial charge in [-0.05, 0) is 32.0 Å². The third-order valence-electron chi connectivity index (χ3n) is 4.28. The second kappa shape index (κ2) is 7.71. The zero-order valence-electron chi connectivity index (χ0n) is 15.8. The Bertz CT molecular complexity index is 994.